The number of hydrogen-bond acceptors (Lipinski definition) is 7. The lowest BCUT2D eigenvalue weighted by Crippen LogP contribution is -2.51. The summed E-state index contributed by atoms with van der Waals surface area (Å²) in [5.74, 6) is 6.31. The highest BCUT2D eigenvalue weighted by molar-refractivity contribution is 5.94. The Morgan fingerprint density at radius 1 is 0.840 bits per heavy atom. The summed E-state index contributed by atoms with van der Waals surface area (Å²) >= 11 is 0. The van der Waals surface area contributed by atoms with Crippen LogP contribution < -0.4 is 16.0 Å². The zero-order valence-electron chi connectivity index (χ0n) is 28.7. The first-order chi connectivity index (χ1) is 24.1. The van der Waals surface area contributed by atoms with E-state index < -0.39 is 5.60 Å². The van der Waals surface area contributed by atoms with Gasteiger partial charge in [0.05, 0.1) is 0 Å². The summed E-state index contributed by atoms with van der Waals surface area (Å²) in [6, 6.07) is 20.2. The molecule has 1 aliphatic heterocycles. The van der Waals surface area contributed by atoms with Crippen molar-refractivity contribution in [3.05, 3.63) is 114 Å². The van der Waals surface area contributed by atoms with Gasteiger partial charge in [0.1, 0.15) is 5.60 Å². The largest absolute Gasteiger partial charge is 0.444 e. The number of urea groups is 1. The first-order valence-electron chi connectivity index (χ1n) is 16.7. The molecule has 0 spiro atoms. The standard InChI is InChI=1S/C39H43N7O4/c1-39(2,3)50-38(49)46-25-23-45(24-26-46)22-21-42-36(47)32-9-6-29(7-10-32)8-11-33-27-34(12-13-35(33)31-15-18-40-19-16-31)44-37(48)43-20-14-30-5-4-17-41-28-30/h4-7,9-10,12-13,15-19,27-28H,14,20-26H2,1-3H3,(H,42,47)(H2,43,44,48). The van der Waals surface area contributed by atoms with Crippen LogP contribution >= 0.6 is 0 Å². The molecule has 1 fully saturated rings. The van der Waals surface area contributed by atoms with Crippen LogP contribution in [-0.2, 0) is 11.2 Å². The van der Waals surface area contributed by atoms with Crippen LogP contribution in [0, 0.1) is 11.8 Å². The van der Waals surface area contributed by atoms with Crippen LogP contribution in [0.4, 0.5) is 15.3 Å². The molecule has 0 unspecified atom stereocenters. The Labute approximate surface area is 293 Å². The van der Waals surface area contributed by atoms with E-state index in [-0.39, 0.29) is 18.0 Å². The highest BCUT2D eigenvalue weighted by Gasteiger charge is 2.25. The smallest absolute Gasteiger partial charge is 0.410 e. The third-order valence-electron chi connectivity index (χ3n) is 7.92. The van der Waals surface area contributed by atoms with Gasteiger partial charge >= 0.3 is 12.1 Å². The van der Waals surface area contributed by atoms with Gasteiger partial charge in [-0.15, -0.1) is 0 Å². The molecule has 258 valence electrons. The molecule has 4 amide bonds. The molecule has 5 rings (SSSR count). The number of amides is 4. The molecule has 3 N–H and O–H groups in total. The Balaban J connectivity index is 1.15. The summed E-state index contributed by atoms with van der Waals surface area (Å²) in [7, 11) is 0. The van der Waals surface area contributed by atoms with Crippen LogP contribution in [0.1, 0.15) is 47.8 Å². The fourth-order valence-corrected chi connectivity index (χ4v) is 5.30. The van der Waals surface area contributed by atoms with Crippen molar-refractivity contribution in [2.75, 3.05) is 51.1 Å². The summed E-state index contributed by atoms with van der Waals surface area (Å²) in [5.41, 5.74) is 5.03. The average molecular weight is 674 g/mol. The molecule has 11 nitrogen and oxygen atoms in total. The van der Waals surface area contributed by atoms with E-state index in [9.17, 15) is 14.4 Å². The number of hydrogen-bond donors (Lipinski definition) is 3. The van der Waals surface area contributed by atoms with Crippen LogP contribution in [0.3, 0.4) is 0 Å². The zero-order chi connectivity index (χ0) is 35.3. The predicted octanol–water partition coefficient (Wildman–Crippen LogP) is 5.19. The van der Waals surface area contributed by atoms with Gasteiger partial charge in [-0.25, -0.2) is 9.59 Å². The molecule has 0 radical (unpaired) electrons. The molecule has 1 saturated heterocycles. The first-order valence-corrected chi connectivity index (χ1v) is 16.7. The molecule has 1 aliphatic rings. The molecule has 0 saturated carbocycles. The topological polar surface area (TPSA) is 129 Å². The van der Waals surface area contributed by atoms with Gasteiger partial charge in [-0.1, -0.05) is 24.0 Å². The van der Waals surface area contributed by atoms with E-state index in [1.165, 1.54) is 0 Å². The van der Waals surface area contributed by atoms with Crippen molar-refractivity contribution in [3.63, 3.8) is 0 Å². The Kier molecular flexibility index (Phi) is 12.2. The van der Waals surface area contributed by atoms with Gasteiger partial charge in [0.15, 0.2) is 0 Å². The number of benzene rings is 2. The average Bonchev–Trinajstić information content (AvgIpc) is 3.11. The number of ether oxygens (including phenoxy) is 1. The SMILES string of the molecule is CC(C)(C)OC(=O)N1CCN(CCNC(=O)c2ccc(C#Cc3cc(NC(=O)NCCc4cccnc4)ccc3-c3ccncc3)cc2)CC1. The molecule has 0 aliphatic carbocycles. The van der Waals surface area contributed by atoms with E-state index in [0.717, 1.165) is 40.9 Å². The van der Waals surface area contributed by atoms with Crippen molar-refractivity contribution >= 4 is 23.7 Å². The Bertz CT molecular complexity index is 1810. The van der Waals surface area contributed by atoms with Crippen molar-refractivity contribution in [2.24, 2.45) is 0 Å². The van der Waals surface area contributed by atoms with E-state index in [0.29, 0.717) is 50.4 Å². The molecule has 3 heterocycles. The van der Waals surface area contributed by atoms with Crippen molar-refractivity contribution in [2.45, 2.75) is 32.8 Å². The Hall–Kier alpha value is -5.73. The summed E-state index contributed by atoms with van der Waals surface area (Å²) in [5, 5.41) is 8.77. The molecule has 2 aromatic carbocycles. The number of nitrogens with zero attached hydrogens (tertiary/aromatic N) is 4. The number of rotatable bonds is 9. The van der Waals surface area contributed by atoms with Crippen LogP contribution in [0.25, 0.3) is 11.1 Å². The number of anilines is 1. The lowest BCUT2D eigenvalue weighted by molar-refractivity contribution is 0.0147. The highest BCUT2D eigenvalue weighted by Crippen LogP contribution is 2.26. The fraction of sp³-hybridized carbons (Fsp3) is 0.308. The predicted molar refractivity (Wildman–Crippen MR) is 194 cm³/mol. The number of piperazine rings is 1. The summed E-state index contributed by atoms with van der Waals surface area (Å²) < 4.78 is 5.47. The number of carbonyl (C=O) groups is 3. The van der Waals surface area contributed by atoms with E-state index in [1.54, 1.807) is 41.8 Å². The molecule has 0 bridgehead atoms. The monoisotopic (exact) mass is 673 g/mol. The van der Waals surface area contributed by atoms with E-state index in [1.807, 2.05) is 75.4 Å². The Morgan fingerprint density at radius 3 is 2.30 bits per heavy atom. The van der Waals surface area contributed by atoms with Crippen molar-refractivity contribution in [1.29, 1.82) is 0 Å². The maximum absolute atomic E-state index is 12.8. The summed E-state index contributed by atoms with van der Waals surface area (Å²) in [6.07, 6.45) is 7.35. The second-order valence-corrected chi connectivity index (χ2v) is 12.9. The normalized spacial score (nSPS) is 13.1. The van der Waals surface area contributed by atoms with Crippen molar-refractivity contribution in [3.8, 4) is 23.0 Å². The molecule has 50 heavy (non-hydrogen) atoms. The molecule has 11 heteroatoms. The van der Waals surface area contributed by atoms with Crippen LogP contribution in [0.5, 0.6) is 0 Å². The lowest BCUT2D eigenvalue weighted by Gasteiger charge is -2.35. The number of nitrogens with one attached hydrogen (secondary N) is 3. The third-order valence-corrected chi connectivity index (χ3v) is 7.92. The summed E-state index contributed by atoms with van der Waals surface area (Å²) in [6.45, 7) is 9.90. The maximum atomic E-state index is 12.8. The zero-order valence-corrected chi connectivity index (χ0v) is 28.7. The minimum atomic E-state index is -0.515. The summed E-state index contributed by atoms with van der Waals surface area (Å²) in [4.78, 5) is 49.9. The molecule has 4 aromatic rings. The van der Waals surface area contributed by atoms with Gasteiger partial charge in [-0.3, -0.25) is 19.7 Å². The minimum Gasteiger partial charge on any atom is -0.444 e. The van der Waals surface area contributed by atoms with Gasteiger partial charge < -0.3 is 25.6 Å². The lowest BCUT2D eigenvalue weighted by atomic mass is 9.99. The Morgan fingerprint density at radius 2 is 1.60 bits per heavy atom. The van der Waals surface area contributed by atoms with E-state index >= 15 is 0 Å². The van der Waals surface area contributed by atoms with Crippen LogP contribution in [-0.4, -0.2) is 89.2 Å². The van der Waals surface area contributed by atoms with Gasteiger partial charge in [-0.05, 0) is 98.5 Å². The first kappa shape index (κ1) is 35.6. The van der Waals surface area contributed by atoms with Crippen molar-refractivity contribution < 1.29 is 19.1 Å². The quantitative estimate of drug-likeness (QED) is 0.209. The second-order valence-electron chi connectivity index (χ2n) is 12.9. The van der Waals surface area contributed by atoms with Gasteiger partial charge in [0, 0.05) is 93.0 Å². The molecule has 2 aromatic heterocycles. The molecular formula is C39H43N7O4. The number of pyridine rings is 2. The third kappa shape index (κ3) is 10.9. The second kappa shape index (κ2) is 17.1. The van der Waals surface area contributed by atoms with Gasteiger partial charge in [0.2, 0.25) is 0 Å². The van der Waals surface area contributed by atoms with Crippen LogP contribution in [0.15, 0.2) is 91.5 Å². The van der Waals surface area contributed by atoms with Gasteiger partial charge in [0.25, 0.3) is 5.91 Å². The number of aromatic nitrogens is 2. The number of carbonyl (C=O) groups excluding carboxylic acids is 3. The van der Waals surface area contributed by atoms with E-state index in [4.69, 9.17) is 4.74 Å². The molecule has 0 atom stereocenters. The van der Waals surface area contributed by atoms with Crippen LogP contribution in [0.2, 0.25) is 0 Å². The maximum Gasteiger partial charge on any atom is 0.410 e. The molecular weight excluding hydrogens is 630 g/mol. The minimum absolute atomic E-state index is 0.158. The fourth-order valence-electron chi connectivity index (χ4n) is 5.30. The van der Waals surface area contributed by atoms with Crippen molar-refractivity contribution in [1.82, 2.24) is 30.4 Å². The van der Waals surface area contributed by atoms with E-state index in [2.05, 4.69) is 42.7 Å². The highest BCUT2D eigenvalue weighted by atomic mass is 16.6. The van der Waals surface area contributed by atoms with Gasteiger partial charge in [-0.2, -0.15) is 0 Å².